The SMILES string of the molecule is NC(=O)C1(C(=O)O)CC=CCC1C(=O)O. The Morgan fingerprint density at radius 1 is 1.27 bits per heavy atom. The van der Waals surface area contributed by atoms with Crippen molar-refractivity contribution in [3.63, 3.8) is 0 Å². The second-order valence-electron chi connectivity index (χ2n) is 3.44. The van der Waals surface area contributed by atoms with E-state index in [1.165, 1.54) is 6.08 Å². The Kier molecular flexibility index (Phi) is 2.78. The number of carbonyl (C=O) groups excluding carboxylic acids is 1. The molecule has 0 aromatic carbocycles. The van der Waals surface area contributed by atoms with E-state index in [9.17, 15) is 14.4 Å². The van der Waals surface area contributed by atoms with E-state index in [4.69, 9.17) is 15.9 Å². The first-order chi connectivity index (χ1) is 6.93. The largest absolute Gasteiger partial charge is 0.481 e. The third kappa shape index (κ3) is 1.58. The van der Waals surface area contributed by atoms with Gasteiger partial charge >= 0.3 is 11.9 Å². The van der Waals surface area contributed by atoms with E-state index in [1.54, 1.807) is 6.08 Å². The first-order valence-corrected chi connectivity index (χ1v) is 4.34. The number of hydrogen-bond acceptors (Lipinski definition) is 3. The second kappa shape index (κ2) is 3.72. The molecule has 4 N–H and O–H groups in total. The monoisotopic (exact) mass is 213 g/mol. The molecule has 6 nitrogen and oxygen atoms in total. The molecule has 82 valence electrons. The van der Waals surface area contributed by atoms with Gasteiger partial charge in [-0.25, -0.2) is 0 Å². The Morgan fingerprint density at radius 2 is 1.87 bits per heavy atom. The minimum absolute atomic E-state index is 0.00454. The molecule has 0 bridgehead atoms. The molecule has 0 aliphatic heterocycles. The zero-order chi connectivity index (χ0) is 11.6. The number of allylic oxidation sites excluding steroid dienone is 2. The molecule has 1 amide bonds. The van der Waals surface area contributed by atoms with Gasteiger partial charge in [-0.05, 0) is 12.8 Å². The van der Waals surface area contributed by atoms with Gasteiger partial charge in [0.15, 0.2) is 5.41 Å². The van der Waals surface area contributed by atoms with Gasteiger partial charge in [0, 0.05) is 0 Å². The fraction of sp³-hybridized carbons (Fsp3) is 0.444. The third-order valence-corrected chi connectivity index (χ3v) is 2.69. The number of aliphatic carboxylic acids is 2. The van der Waals surface area contributed by atoms with Crippen LogP contribution < -0.4 is 5.73 Å². The highest BCUT2D eigenvalue weighted by Gasteiger charge is 2.54. The van der Waals surface area contributed by atoms with Gasteiger partial charge in [-0.1, -0.05) is 12.2 Å². The van der Waals surface area contributed by atoms with Crippen molar-refractivity contribution < 1.29 is 24.6 Å². The molecule has 6 heteroatoms. The summed E-state index contributed by atoms with van der Waals surface area (Å²) < 4.78 is 0. The molecular formula is C9H11NO5. The lowest BCUT2D eigenvalue weighted by Gasteiger charge is -2.32. The molecule has 1 aliphatic carbocycles. The highest BCUT2D eigenvalue weighted by Crippen LogP contribution is 2.38. The maximum atomic E-state index is 11.2. The van der Waals surface area contributed by atoms with Crippen LogP contribution in [0, 0.1) is 11.3 Å². The highest BCUT2D eigenvalue weighted by atomic mass is 16.4. The van der Waals surface area contributed by atoms with Crippen molar-refractivity contribution >= 4 is 17.8 Å². The molecule has 0 saturated heterocycles. The zero-order valence-corrected chi connectivity index (χ0v) is 7.84. The lowest BCUT2D eigenvalue weighted by molar-refractivity contribution is -0.167. The van der Waals surface area contributed by atoms with E-state index in [0.29, 0.717) is 0 Å². The predicted molar refractivity (Wildman–Crippen MR) is 48.8 cm³/mol. The molecule has 0 radical (unpaired) electrons. The molecule has 1 aliphatic rings. The summed E-state index contributed by atoms with van der Waals surface area (Å²) in [4.78, 5) is 33.1. The van der Waals surface area contributed by atoms with E-state index in [2.05, 4.69) is 0 Å². The van der Waals surface area contributed by atoms with Gasteiger partial charge in [0.2, 0.25) is 5.91 Å². The molecule has 2 atom stereocenters. The number of carboxylic acids is 2. The van der Waals surface area contributed by atoms with Gasteiger partial charge in [0.25, 0.3) is 0 Å². The van der Waals surface area contributed by atoms with Gasteiger partial charge < -0.3 is 15.9 Å². The van der Waals surface area contributed by atoms with Gasteiger partial charge in [0.1, 0.15) is 0 Å². The summed E-state index contributed by atoms with van der Waals surface area (Å²) in [7, 11) is 0. The maximum Gasteiger partial charge on any atom is 0.320 e. The van der Waals surface area contributed by atoms with Gasteiger partial charge in [-0.2, -0.15) is 0 Å². The number of rotatable bonds is 3. The fourth-order valence-electron chi connectivity index (χ4n) is 1.77. The molecule has 1 rings (SSSR count). The topological polar surface area (TPSA) is 118 Å². The molecule has 0 heterocycles. The second-order valence-corrected chi connectivity index (χ2v) is 3.44. The molecule has 0 fully saturated rings. The molecule has 2 unspecified atom stereocenters. The molecule has 0 aromatic heterocycles. The van der Waals surface area contributed by atoms with E-state index >= 15 is 0 Å². The minimum Gasteiger partial charge on any atom is -0.481 e. The predicted octanol–water partition coefficient (Wildman–Crippen LogP) is -0.407. The zero-order valence-electron chi connectivity index (χ0n) is 7.84. The van der Waals surface area contributed by atoms with Crippen LogP contribution in [-0.2, 0) is 14.4 Å². The van der Waals surface area contributed by atoms with Crippen LogP contribution in [0.15, 0.2) is 12.2 Å². The van der Waals surface area contributed by atoms with Crippen LogP contribution in [0.3, 0.4) is 0 Å². The van der Waals surface area contributed by atoms with Crippen molar-refractivity contribution in [3.05, 3.63) is 12.2 Å². The first kappa shape index (κ1) is 11.2. The van der Waals surface area contributed by atoms with Crippen LogP contribution in [0.5, 0.6) is 0 Å². The van der Waals surface area contributed by atoms with Gasteiger partial charge in [0.05, 0.1) is 5.92 Å². The normalized spacial score (nSPS) is 29.7. The number of nitrogens with two attached hydrogens (primary N) is 1. The van der Waals surface area contributed by atoms with Crippen molar-refractivity contribution in [3.8, 4) is 0 Å². The van der Waals surface area contributed by atoms with Crippen molar-refractivity contribution in [2.45, 2.75) is 12.8 Å². The molecule has 15 heavy (non-hydrogen) atoms. The summed E-state index contributed by atoms with van der Waals surface area (Å²) >= 11 is 0. The maximum absolute atomic E-state index is 11.2. The van der Waals surface area contributed by atoms with Crippen LogP contribution in [0.4, 0.5) is 0 Å². The fourth-order valence-corrected chi connectivity index (χ4v) is 1.77. The van der Waals surface area contributed by atoms with E-state index in [1.807, 2.05) is 0 Å². The summed E-state index contributed by atoms with van der Waals surface area (Å²) in [5.41, 5.74) is 3.00. The van der Waals surface area contributed by atoms with Crippen LogP contribution in [0.1, 0.15) is 12.8 Å². The lowest BCUT2D eigenvalue weighted by atomic mass is 9.68. The van der Waals surface area contributed by atoms with Crippen molar-refractivity contribution in [1.29, 1.82) is 0 Å². The Bertz CT molecular complexity index is 332. The Labute approximate surface area is 85.4 Å². The standard InChI is InChI=1S/C9H11NO5/c10-7(13)9(8(14)15)4-2-1-3-5(9)6(11)12/h1-2,5H,3-4H2,(H2,10,13)(H,11,12)(H,14,15). The van der Waals surface area contributed by atoms with Crippen LogP contribution >= 0.6 is 0 Å². The summed E-state index contributed by atoms with van der Waals surface area (Å²) in [6.45, 7) is 0. The quantitative estimate of drug-likeness (QED) is 0.435. The molecule has 0 aromatic rings. The van der Waals surface area contributed by atoms with Crippen molar-refractivity contribution in [2.75, 3.05) is 0 Å². The first-order valence-electron chi connectivity index (χ1n) is 4.34. The Morgan fingerprint density at radius 3 is 2.20 bits per heavy atom. The average Bonchev–Trinajstić information content (AvgIpc) is 2.16. The summed E-state index contributed by atoms with van der Waals surface area (Å²) in [5.74, 6) is -5.20. The average molecular weight is 213 g/mol. The van der Waals surface area contributed by atoms with E-state index in [-0.39, 0.29) is 12.8 Å². The number of amides is 1. The van der Waals surface area contributed by atoms with E-state index in [0.717, 1.165) is 0 Å². The highest BCUT2D eigenvalue weighted by molar-refractivity contribution is 6.05. The number of carboxylic acid groups (broad SMARTS) is 2. The summed E-state index contributed by atoms with van der Waals surface area (Å²) in [6.07, 6.45) is 2.85. The smallest absolute Gasteiger partial charge is 0.320 e. The van der Waals surface area contributed by atoms with Crippen LogP contribution in [0.2, 0.25) is 0 Å². The number of carbonyl (C=O) groups is 3. The lowest BCUT2D eigenvalue weighted by Crippen LogP contribution is -2.52. The Balaban J connectivity index is 3.24. The number of hydrogen-bond donors (Lipinski definition) is 3. The van der Waals surface area contributed by atoms with Gasteiger partial charge in [-0.15, -0.1) is 0 Å². The number of primary amides is 1. The van der Waals surface area contributed by atoms with Crippen molar-refractivity contribution in [2.24, 2.45) is 17.1 Å². The van der Waals surface area contributed by atoms with E-state index < -0.39 is 29.2 Å². The minimum atomic E-state index is -2.01. The van der Waals surface area contributed by atoms with Gasteiger partial charge in [-0.3, -0.25) is 14.4 Å². The molecule has 0 saturated carbocycles. The molecular weight excluding hydrogens is 202 g/mol. The third-order valence-electron chi connectivity index (χ3n) is 2.69. The van der Waals surface area contributed by atoms with Crippen LogP contribution in [-0.4, -0.2) is 28.1 Å². The summed E-state index contributed by atoms with van der Waals surface area (Å²) in [5, 5.41) is 17.8. The summed E-state index contributed by atoms with van der Waals surface area (Å²) in [6, 6.07) is 0. The Hall–Kier alpha value is -1.85. The molecule has 0 spiro atoms. The van der Waals surface area contributed by atoms with Crippen molar-refractivity contribution in [1.82, 2.24) is 0 Å². The van der Waals surface area contributed by atoms with Crippen LogP contribution in [0.25, 0.3) is 0 Å².